The SMILES string of the molecule is CNCc1nnc(SCc2cc(F)ccc2C(F)(F)F)n1C. The fraction of sp³-hybridized carbons (Fsp3) is 0.385. The Morgan fingerprint density at radius 1 is 1.27 bits per heavy atom. The fourth-order valence-corrected chi connectivity index (χ4v) is 2.80. The maximum absolute atomic E-state index is 13.2. The summed E-state index contributed by atoms with van der Waals surface area (Å²) in [6.45, 7) is 0.498. The van der Waals surface area contributed by atoms with E-state index >= 15 is 0 Å². The van der Waals surface area contributed by atoms with Crippen LogP contribution in [0.25, 0.3) is 0 Å². The van der Waals surface area contributed by atoms with Gasteiger partial charge in [0.05, 0.1) is 12.1 Å². The molecule has 120 valence electrons. The number of benzene rings is 1. The third-order valence-electron chi connectivity index (χ3n) is 2.99. The third-order valence-corrected chi connectivity index (χ3v) is 4.06. The highest BCUT2D eigenvalue weighted by Gasteiger charge is 2.33. The zero-order valence-corrected chi connectivity index (χ0v) is 12.7. The molecular formula is C13H14F4N4S. The summed E-state index contributed by atoms with van der Waals surface area (Å²) in [5.41, 5.74) is -0.949. The van der Waals surface area contributed by atoms with Gasteiger partial charge in [-0.15, -0.1) is 10.2 Å². The molecular weight excluding hydrogens is 320 g/mol. The first-order chi connectivity index (χ1) is 10.3. The number of rotatable bonds is 5. The molecule has 2 rings (SSSR count). The number of hydrogen-bond donors (Lipinski definition) is 1. The Hall–Kier alpha value is -1.61. The minimum atomic E-state index is -4.51. The minimum Gasteiger partial charge on any atom is -0.313 e. The first kappa shape index (κ1) is 16.8. The van der Waals surface area contributed by atoms with Gasteiger partial charge in [0.1, 0.15) is 11.6 Å². The Balaban J connectivity index is 2.20. The minimum absolute atomic E-state index is 0.0435. The maximum atomic E-state index is 13.2. The molecule has 0 radical (unpaired) electrons. The Labute approximate surface area is 128 Å². The number of thioether (sulfide) groups is 1. The Morgan fingerprint density at radius 2 is 2.00 bits per heavy atom. The van der Waals surface area contributed by atoms with Crippen LogP contribution >= 0.6 is 11.8 Å². The zero-order chi connectivity index (χ0) is 16.3. The maximum Gasteiger partial charge on any atom is 0.416 e. The van der Waals surface area contributed by atoms with Crippen molar-refractivity contribution >= 4 is 11.8 Å². The van der Waals surface area contributed by atoms with Crippen molar-refractivity contribution in [2.24, 2.45) is 7.05 Å². The highest BCUT2D eigenvalue weighted by Crippen LogP contribution is 2.34. The van der Waals surface area contributed by atoms with Crippen molar-refractivity contribution in [1.82, 2.24) is 20.1 Å². The van der Waals surface area contributed by atoms with E-state index in [9.17, 15) is 17.6 Å². The van der Waals surface area contributed by atoms with Crippen LogP contribution in [0.5, 0.6) is 0 Å². The summed E-state index contributed by atoms with van der Waals surface area (Å²) in [5, 5.41) is 11.3. The zero-order valence-electron chi connectivity index (χ0n) is 11.9. The number of alkyl halides is 3. The van der Waals surface area contributed by atoms with Crippen molar-refractivity contribution < 1.29 is 17.6 Å². The number of halogens is 4. The van der Waals surface area contributed by atoms with E-state index < -0.39 is 17.6 Å². The summed E-state index contributed by atoms with van der Waals surface area (Å²) in [6, 6.07) is 2.47. The second kappa shape index (κ2) is 6.66. The van der Waals surface area contributed by atoms with Gasteiger partial charge in [0.15, 0.2) is 5.16 Å². The van der Waals surface area contributed by atoms with Crippen LogP contribution in [0.3, 0.4) is 0 Å². The lowest BCUT2D eigenvalue weighted by Crippen LogP contribution is -2.11. The third kappa shape index (κ3) is 3.77. The van der Waals surface area contributed by atoms with E-state index in [0.29, 0.717) is 17.5 Å². The molecule has 1 heterocycles. The quantitative estimate of drug-likeness (QED) is 0.674. The molecule has 0 unspecified atom stereocenters. The van der Waals surface area contributed by atoms with Crippen molar-refractivity contribution in [3.63, 3.8) is 0 Å². The van der Waals surface area contributed by atoms with Crippen LogP contribution in [0.15, 0.2) is 23.4 Å². The van der Waals surface area contributed by atoms with Crippen molar-refractivity contribution in [2.45, 2.75) is 23.6 Å². The molecule has 0 atom stereocenters. The van der Waals surface area contributed by atoms with Crippen LogP contribution in [0, 0.1) is 5.82 Å². The molecule has 0 saturated heterocycles. The summed E-state index contributed by atoms with van der Waals surface area (Å²) in [7, 11) is 3.48. The molecule has 1 aromatic heterocycles. The normalized spacial score (nSPS) is 11.9. The standard InChI is InChI=1S/C13H14F4N4S/c1-18-6-11-19-20-12(21(11)2)22-7-8-5-9(14)3-4-10(8)13(15,16)17/h3-5,18H,6-7H2,1-2H3. The molecule has 0 saturated carbocycles. The number of hydrogen-bond acceptors (Lipinski definition) is 4. The molecule has 0 fully saturated rings. The number of nitrogens with one attached hydrogen (secondary N) is 1. The van der Waals surface area contributed by atoms with Crippen LogP contribution < -0.4 is 5.32 Å². The molecule has 0 aliphatic heterocycles. The van der Waals surface area contributed by atoms with Gasteiger partial charge in [0, 0.05) is 12.8 Å². The number of nitrogens with zero attached hydrogens (tertiary/aromatic N) is 3. The monoisotopic (exact) mass is 334 g/mol. The van der Waals surface area contributed by atoms with Crippen molar-refractivity contribution in [3.8, 4) is 0 Å². The molecule has 22 heavy (non-hydrogen) atoms. The summed E-state index contributed by atoms with van der Waals surface area (Å²) < 4.78 is 53.7. The molecule has 0 amide bonds. The summed E-state index contributed by atoms with van der Waals surface area (Å²) in [4.78, 5) is 0. The van der Waals surface area contributed by atoms with Gasteiger partial charge >= 0.3 is 6.18 Å². The Kier molecular flexibility index (Phi) is 5.07. The molecule has 0 aliphatic rings. The van der Waals surface area contributed by atoms with Crippen molar-refractivity contribution in [1.29, 1.82) is 0 Å². The predicted molar refractivity (Wildman–Crippen MR) is 74.7 cm³/mol. The van der Waals surface area contributed by atoms with E-state index in [-0.39, 0.29) is 11.3 Å². The van der Waals surface area contributed by atoms with Gasteiger partial charge in [-0.1, -0.05) is 11.8 Å². The first-order valence-electron chi connectivity index (χ1n) is 6.34. The second-order valence-electron chi connectivity index (χ2n) is 4.58. The van der Waals surface area contributed by atoms with E-state index in [1.807, 2.05) is 0 Å². The molecule has 2 aromatic rings. The van der Waals surface area contributed by atoms with Crippen LogP contribution in [0.1, 0.15) is 17.0 Å². The first-order valence-corrected chi connectivity index (χ1v) is 7.32. The summed E-state index contributed by atoms with van der Waals surface area (Å²) in [5.74, 6) is -0.0734. The van der Waals surface area contributed by atoms with Gasteiger partial charge in [0.25, 0.3) is 0 Å². The van der Waals surface area contributed by atoms with Gasteiger partial charge in [0.2, 0.25) is 0 Å². The van der Waals surface area contributed by atoms with Crippen LogP contribution in [0.4, 0.5) is 17.6 Å². The average Bonchev–Trinajstić information content (AvgIpc) is 2.77. The van der Waals surface area contributed by atoms with Crippen LogP contribution in [-0.4, -0.2) is 21.8 Å². The van der Waals surface area contributed by atoms with Crippen molar-refractivity contribution in [2.75, 3.05) is 7.05 Å². The van der Waals surface area contributed by atoms with Gasteiger partial charge in [-0.3, -0.25) is 0 Å². The highest BCUT2D eigenvalue weighted by molar-refractivity contribution is 7.98. The van der Waals surface area contributed by atoms with Gasteiger partial charge in [-0.25, -0.2) is 4.39 Å². The molecule has 9 heteroatoms. The fourth-order valence-electron chi connectivity index (χ4n) is 1.88. The predicted octanol–water partition coefficient (Wildman–Crippen LogP) is 2.98. The van der Waals surface area contributed by atoms with Gasteiger partial charge in [-0.05, 0) is 30.8 Å². The lowest BCUT2D eigenvalue weighted by Gasteiger charge is -2.12. The highest BCUT2D eigenvalue weighted by atomic mass is 32.2. The average molecular weight is 334 g/mol. The van der Waals surface area contributed by atoms with Crippen LogP contribution in [0.2, 0.25) is 0 Å². The van der Waals surface area contributed by atoms with Crippen molar-refractivity contribution in [3.05, 3.63) is 41.0 Å². The molecule has 4 nitrogen and oxygen atoms in total. The smallest absolute Gasteiger partial charge is 0.313 e. The lowest BCUT2D eigenvalue weighted by molar-refractivity contribution is -0.138. The number of aromatic nitrogens is 3. The Morgan fingerprint density at radius 3 is 2.64 bits per heavy atom. The van der Waals surface area contributed by atoms with E-state index in [4.69, 9.17) is 0 Å². The van der Waals surface area contributed by atoms with E-state index in [2.05, 4.69) is 15.5 Å². The van der Waals surface area contributed by atoms with Gasteiger partial charge in [-0.2, -0.15) is 13.2 Å². The second-order valence-corrected chi connectivity index (χ2v) is 5.52. The Bertz CT molecular complexity index is 654. The molecule has 0 spiro atoms. The lowest BCUT2D eigenvalue weighted by atomic mass is 10.1. The van der Waals surface area contributed by atoms with E-state index in [0.717, 1.165) is 30.0 Å². The summed E-state index contributed by atoms with van der Waals surface area (Å²) >= 11 is 1.08. The molecule has 1 aromatic carbocycles. The largest absolute Gasteiger partial charge is 0.416 e. The summed E-state index contributed by atoms with van der Waals surface area (Å²) in [6.07, 6.45) is -4.51. The van der Waals surface area contributed by atoms with E-state index in [1.54, 1.807) is 18.7 Å². The topological polar surface area (TPSA) is 42.7 Å². The molecule has 0 aliphatic carbocycles. The van der Waals surface area contributed by atoms with E-state index in [1.165, 1.54) is 0 Å². The molecule has 0 bridgehead atoms. The van der Waals surface area contributed by atoms with Gasteiger partial charge < -0.3 is 9.88 Å². The molecule has 1 N–H and O–H groups in total. The van der Waals surface area contributed by atoms with Crippen LogP contribution in [-0.2, 0) is 25.5 Å².